The summed E-state index contributed by atoms with van der Waals surface area (Å²) in [7, 11) is 0. The third-order valence-electron chi connectivity index (χ3n) is 3.09. The van der Waals surface area contributed by atoms with Gasteiger partial charge in [0.15, 0.2) is 17.4 Å². The Balaban J connectivity index is 0. The molecule has 1 N–H and O–H groups in total. The second-order valence-electron chi connectivity index (χ2n) is 4.75. The molecule has 4 heteroatoms. The van der Waals surface area contributed by atoms with Crippen molar-refractivity contribution in [3.05, 3.63) is 0 Å². The molecule has 0 radical (unpaired) electrons. The molecule has 0 spiro atoms. The van der Waals surface area contributed by atoms with Gasteiger partial charge >= 0.3 is 5.97 Å². The van der Waals surface area contributed by atoms with Crippen LogP contribution >= 0.6 is 0 Å². The van der Waals surface area contributed by atoms with Gasteiger partial charge in [-0.15, -0.1) is 0 Å². The minimum Gasteiger partial charge on any atom is -0.301 e. The summed E-state index contributed by atoms with van der Waals surface area (Å²) >= 11 is 0. The Morgan fingerprint density at radius 2 is 1.22 bits per heavy atom. The summed E-state index contributed by atoms with van der Waals surface area (Å²) < 4.78 is 0. The van der Waals surface area contributed by atoms with E-state index in [4.69, 9.17) is 5.26 Å². The summed E-state index contributed by atoms with van der Waals surface area (Å²) in [6.45, 7) is 2.24. The van der Waals surface area contributed by atoms with Crippen molar-refractivity contribution in [2.75, 3.05) is 0 Å². The summed E-state index contributed by atoms with van der Waals surface area (Å²) in [5.41, 5.74) is 0. The first-order chi connectivity index (χ1) is 8.31. The monoisotopic (exact) mass is 274 g/mol. The second-order valence-corrected chi connectivity index (χ2v) is 4.75. The van der Waals surface area contributed by atoms with Gasteiger partial charge in [-0.1, -0.05) is 71.1 Å². The van der Waals surface area contributed by atoms with E-state index in [1.807, 2.05) is 0 Å². The quantitative estimate of drug-likeness (QED) is 0.256. The number of hydrogen-bond donors (Lipinski definition) is 1. The molecule has 0 atom stereocenters. The van der Waals surface area contributed by atoms with E-state index < -0.39 is 5.97 Å². The smallest absolute Gasteiger partial charge is 0.301 e. The molecule has 0 aromatic heterocycles. The second kappa shape index (κ2) is 17.0. The molecular weight excluding hydrogens is 243 g/mol. The summed E-state index contributed by atoms with van der Waals surface area (Å²) in [5.74, 6) is -0.513. The average molecular weight is 274 g/mol. The molecule has 3 nitrogen and oxygen atoms in total. The fourth-order valence-corrected chi connectivity index (χ4v) is 1.98. The van der Waals surface area contributed by atoms with Crippen molar-refractivity contribution in [3.8, 4) is 0 Å². The highest BCUT2D eigenvalue weighted by atomic mass is 27.0. The zero-order valence-corrected chi connectivity index (χ0v) is 11.2. The van der Waals surface area contributed by atoms with Crippen LogP contribution < -0.4 is 0 Å². The number of carbonyl (C=O) groups excluding carboxylic acids is 1. The van der Waals surface area contributed by atoms with Gasteiger partial charge in [0.25, 0.3) is 0 Å². The lowest BCUT2D eigenvalue weighted by molar-refractivity contribution is -0.234. The number of hydrogen-bond acceptors (Lipinski definition) is 3. The van der Waals surface area contributed by atoms with Crippen molar-refractivity contribution >= 4 is 23.3 Å². The molecule has 0 rings (SSSR count). The fourth-order valence-electron chi connectivity index (χ4n) is 1.98. The summed E-state index contributed by atoms with van der Waals surface area (Å²) in [5, 5.41) is 8.05. The van der Waals surface area contributed by atoms with Crippen LogP contribution in [0.25, 0.3) is 0 Å². The van der Waals surface area contributed by atoms with E-state index in [1.54, 1.807) is 0 Å². The normalized spacial score (nSPS) is 9.89. The Hall–Kier alpha value is -0.0375. The summed E-state index contributed by atoms with van der Waals surface area (Å²) in [4.78, 5) is 14.2. The van der Waals surface area contributed by atoms with Crippen LogP contribution in [0.1, 0.15) is 84.0 Å². The number of rotatable bonds is 12. The van der Waals surface area contributed by atoms with E-state index in [0.29, 0.717) is 6.42 Å². The zero-order chi connectivity index (χ0) is 12.8. The van der Waals surface area contributed by atoms with Crippen molar-refractivity contribution < 1.29 is 14.9 Å². The van der Waals surface area contributed by atoms with Crippen LogP contribution in [0.4, 0.5) is 0 Å². The minimum absolute atomic E-state index is 0. The molecule has 0 heterocycles. The van der Waals surface area contributed by atoms with Crippen LogP contribution in [0.3, 0.4) is 0 Å². The van der Waals surface area contributed by atoms with Gasteiger partial charge < -0.3 is 4.89 Å². The van der Waals surface area contributed by atoms with Gasteiger partial charge in [0.05, 0.1) is 0 Å². The predicted molar refractivity (Wildman–Crippen MR) is 79.7 cm³/mol. The summed E-state index contributed by atoms with van der Waals surface area (Å²) in [6.07, 6.45) is 14.2. The van der Waals surface area contributed by atoms with E-state index >= 15 is 0 Å². The standard InChI is InChI=1S/C14H28O3.Al.3H/c1-2-3-4-5-6-7-8-9-10-11-12-13-14(15)17-16;;;;/h16H,2-13H2,1H3;;;;. The van der Waals surface area contributed by atoms with Gasteiger partial charge in [0.2, 0.25) is 0 Å². The molecule has 0 saturated heterocycles. The first-order valence-corrected chi connectivity index (χ1v) is 7.15. The Morgan fingerprint density at radius 3 is 1.61 bits per heavy atom. The zero-order valence-electron chi connectivity index (χ0n) is 11.2. The molecular formula is C14H31AlO3. The lowest BCUT2D eigenvalue weighted by Gasteiger charge is -2.01. The minimum atomic E-state index is -0.513. The van der Waals surface area contributed by atoms with E-state index in [0.717, 1.165) is 12.8 Å². The number of unbranched alkanes of at least 4 members (excludes halogenated alkanes) is 10. The van der Waals surface area contributed by atoms with Crippen LogP contribution in [-0.2, 0) is 9.68 Å². The molecule has 0 unspecified atom stereocenters. The van der Waals surface area contributed by atoms with Crippen LogP contribution in [0.15, 0.2) is 0 Å². The van der Waals surface area contributed by atoms with Gasteiger partial charge in [-0.3, -0.25) is 0 Å². The SMILES string of the molecule is CCCCCCCCCCCCCC(=O)OO.[AlH3]. The van der Waals surface area contributed by atoms with Gasteiger partial charge in [-0.05, 0) is 6.42 Å². The van der Waals surface area contributed by atoms with Gasteiger partial charge in [-0.2, -0.15) is 5.26 Å². The van der Waals surface area contributed by atoms with Crippen molar-refractivity contribution in [2.24, 2.45) is 0 Å². The molecule has 0 amide bonds. The third kappa shape index (κ3) is 16.0. The molecule has 0 bridgehead atoms. The molecule has 0 aliphatic rings. The maximum atomic E-state index is 10.6. The summed E-state index contributed by atoms with van der Waals surface area (Å²) in [6, 6.07) is 0. The first kappa shape index (κ1) is 20.3. The van der Waals surface area contributed by atoms with Crippen molar-refractivity contribution in [1.29, 1.82) is 0 Å². The topological polar surface area (TPSA) is 46.5 Å². The molecule has 108 valence electrons. The maximum absolute atomic E-state index is 10.6. The maximum Gasteiger partial charge on any atom is 0.342 e. The highest BCUT2D eigenvalue weighted by molar-refractivity contribution is 5.75. The lowest BCUT2D eigenvalue weighted by atomic mass is 10.1. The Morgan fingerprint density at radius 1 is 0.833 bits per heavy atom. The van der Waals surface area contributed by atoms with Crippen molar-refractivity contribution in [2.45, 2.75) is 84.0 Å². The van der Waals surface area contributed by atoms with E-state index in [1.165, 1.54) is 57.8 Å². The fraction of sp³-hybridized carbons (Fsp3) is 0.929. The van der Waals surface area contributed by atoms with Crippen LogP contribution in [0.5, 0.6) is 0 Å². The van der Waals surface area contributed by atoms with Gasteiger partial charge in [0, 0.05) is 6.42 Å². The van der Waals surface area contributed by atoms with Gasteiger partial charge in [0.1, 0.15) is 0 Å². The highest BCUT2D eigenvalue weighted by Gasteiger charge is 2.00. The van der Waals surface area contributed by atoms with Crippen LogP contribution in [-0.4, -0.2) is 28.6 Å². The Labute approximate surface area is 122 Å². The van der Waals surface area contributed by atoms with E-state index in [9.17, 15) is 4.79 Å². The molecule has 0 saturated carbocycles. The molecule has 0 aliphatic carbocycles. The van der Waals surface area contributed by atoms with Crippen LogP contribution in [0, 0.1) is 0 Å². The highest BCUT2D eigenvalue weighted by Crippen LogP contribution is 2.11. The molecule has 0 fully saturated rings. The van der Waals surface area contributed by atoms with E-state index in [2.05, 4.69) is 11.8 Å². The Kier molecular flexibility index (Phi) is 19.1. The van der Waals surface area contributed by atoms with Crippen LogP contribution in [0.2, 0.25) is 0 Å². The van der Waals surface area contributed by atoms with E-state index in [-0.39, 0.29) is 17.4 Å². The lowest BCUT2D eigenvalue weighted by Crippen LogP contribution is -1.99. The first-order valence-electron chi connectivity index (χ1n) is 7.15. The molecule has 18 heavy (non-hydrogen) atoms. The third-order valence-corrected chi connectivity index (χ3v) is 3.09. The predicted octanol–water partition coefficient (Wildman–Crippen LogP) is 3.52. The van der Waals surface area contributed by atoms with Gasteiger partial charge in [-0.25, -0.2) is 4.79 Å². The van der Waals surface area contributed by atoms with Crippen molar-refractivity contribution in [1.82, 2.24) is 0 Å². The Bertz CT molecular complexity index is 174. The van der Waals surface area contributed by atoms with Crippen molar-refractivity contribution in [3.63, 3.8) is 0 Å². The molecule has 0 aromatic rings. The number of carbonyl (C=O) groups is 1. The molecule has 0 aliphatic heterocycles. The molecule has 0 aromatic carbocycles. The largest absolute Gasteiger partial charge is 0.342 e. The average Bonchev–Trinajstić information content (AvgIpc) is 2.35.